The Morgan fingerprint density at radius 1 is 0.875 bits per heavy atom. The van der Waals surface area contributed by atoms with Gasteiger partial charge in [-0.15, -0.1) is 0 Å². The van der Waals surface area contributed by atoms with E-state index in [-0.39, 0.29) is 30.7 Å². The second-order valence-electron chi connectivity index (χ2n) is 5.35. The van der Waals surface area contributed by atoms with Crippen LogP contribution in [0, 0.1) is 0 Å². The van der Waals surface area contributed by atoms with Crippen LogP contribution in [0.25, 0.3) is 11.4 Å². The molecule has 0 aliphatic carbocycles. The van der Waals surface area contributed by atoms with Crippen LogP contribution in [0.2, 0.25) is 0 Å². The summed E-state index contributed by atoms with van der Waals surface area (Å²) in [6, 6.07) is 7.21. The molecule has 1 N–H and O–H groups in total. The molecule has 2 aromatic rings. The van der Waals surface area contributed by atoms with Crippen molar-refractivity contribution in [3.8, 4) is 11.4 Å². The number of aromatic nitrogens is 3. The predicted molar refractivity (Wildman–Crippen MR) is 129 cm³/mol. The lowest BCUT2D eigenvalue weighted by atomic mass is 10.2. The smallest absolute Gasteiger partial charge is 0.416 e. The molecule has 0 saturated heterocycles. The minimum Gasteiger partial charge on any atom is -0.449 e. The van der Waals surface area contributed by atoms with Gasteiger partial charge in [0.15, 0.2) is 17.5 Å². The highest BCUT2D eigenvalue weighted by Crippen LogP contribution is 2.41. The second kappa shape index (κ2) is 13.2. The molecular weight excluding hydrogens is 617 g/mol. The van der Waals surface area contributed by atoms with Gasteiger partial charge in [-0.1, -0.05) is 104 Å². The number of carbonyl (C=O) groups is 2. The van der Waals surface area contributed by atoms with E-state index >= 15 is 0 Å². The van der Waals surface area contributed by atoms with Crippen LogP contribution >= 0.6 is 85.5 Å². The summed E-state index contributed by atoms with van der Waals surface area (Å²) in [6.07, 6.45) is -1.57. The molecular formula is C17H15BrCl6N4O4. The Hall–Kier alpha value is -0.810. The fraction of sp³-hybridized carbons (Fsp3) is 0.353. The van der Waals surface area contributed by atoms with Crippen molar-refractivity contribution in [1.29, 1.82) is 0 Å². The first-order valence-corrected chi connectivity index (χ1v) is 11.6. The Labute approximate surface area is 222 Å². The number of rotatable bonds is 3. The van der Waals surface area contributed by atoms with E-state index in [1.54, 1.807) is 26.0 Å². The lowest BCUT2D eigenvalue weighted by Gasteiger charge is -2.16. The molecule has 1 heterocycles. The van der Waals surface area contributed by atoms with Crippen LogP contribution in [-0.4, -0.2) is 40.4 Å². The zero-order chi connectivity index (χ0) is 24.5. The van der Waals surface area contributed by atoms with Crippen LogP contribution in [0.4, 0.5) is 9.59 Å². The van der Waals surface area contributed by atoms with Gasteiger partial charge in [-0.05, 0) is 19.9 Å². The molecule has 0 saturated carbocycles. The maximum Gasteiger partial charge on any atom is 0.416 e. The monoisotopic (exact) mass is 628 g/mol. The van der Waals surface area contributed by atoms with Gasteiger partial charge in [0.2, 0.25) is 7.59 Å². The van der Waals surface area contributed by atoms with Crippen LogP contribution in [0.1, 0.15) is 25.5 Å². The number of benzene rings is 1. The molecule has 0 atom stereocenters. The summed E-state index contributed by atoms with van der Waals surface area (Å²) in [5, 5.41) is 1.86. The van der Waals surface area contributed by atoms with Crippen LogP contribution in [0.15, 0.2) is 28.7 Å². The van der Waals surface area contributed by atoms with Gasteiger partial charge < -0.3 is 9.47 Å². The van der Waals surface area contributed by atoms with E-state index in [1.807, 2.05) is 17.4 Å². The third-order valence-corrected chi connectivity index (χ3v) is 4.72. The number of carbonyl (C=O) groups excluding carboxylic acids is 2. The van der Waals surface area contributed by atoms with Crippen molar-refractivity contribution in [2.45, 2.75) is 21.4 Å². The molecule has 0 spiro atoms. The largest absolute Gasteiger partial charge is 0.449 e. The van der Waals surface area contributed by atoms with Gasteiger partial charge in [0, 0.05) is 10.0 Å². The fourth-order valence-electron chi connectivity index (χ4n) is 1.81. The van der Waals surface area contributed by atoms with Gasteiger partial charge in [-0.3, -0.25) is 0 Å². The Morgan fingerprint density at radius 2 is 1.31 bits per heavy atom. The highest BCUT2D eigenvalue weighted by atomic mass is 79.9. The summed E-state index contributed by atoms with van der Waals surface area (Å²) < 4.78 is 5.81. The van der Waals surface area contributed by atoms with Crippen molar-refractivity contribution >= 4 is 97.7 Å². The average Bonchev–Trinajstić information content (AvgIpc) is 2.67. The van der Waals surface area contributed by atoms with Gasteiger partial charge in [0.1, 0.15) is 0 Å². The average molecular weight is 632 g/mol. The molecule has 0 aliphatic heterocycles. The van der Waals surface area contributed by atoms with Crippen molar-refractivity contribution in [1.82, 2.24) is 20.3 Å². The molecule has 1 aromatic carbocycles. The van der Waals surface area contributed by atoms with Gasteiger partial charge in [0.25, 0.3) is 0 Å². The quantitative estimate of drug-likeness (QED) is 0.370. The van der Waals surface area contributed by atoms with Gasteiger partial charge in [-0.25, -0.2) is 29.9 Å². The Morgan fingerprint density at radius 3 is 1.69 bits per heavy atom. The van der Waals surface area contributed by atoms with Crippen molar-refractivity contribution in [3.05, 3.63) is 40.4 Å². The molecule has 0 unspecified atom stereocenters. The number of amides is 2. The zero-order valence-electron chi connectivity index (χ0n) is 16.3. The molecule has 0 radical (unpaired) electrons. The second-order valence-corrected chi connectivity index (χ2v) is 10.8. The van der Waals surface area contributed by atoms with Gasteiger partial charge >= 0.3 is 12.2 Å². The Balaban J connectivity index is 0.000000396. The maximum atomic E-state index is 10.5. The number of ether oxygens (including phenoxy) is 2. The summed E-state index contributed by atoms with van der Waals surface area (Å²) in [6.45, 7) is 3.74. The minimum absolute atomic E-state index is 0.130. The van der Waals surface area contributed by atoms with E-state index in [2.05, 4.69) is 40.4 Å². The molecule has 0 fully saturated rings. The molecule has 32 heavy (non-hydrogen) atoms. The number of hydrogen-bond donors (Lipinski definition) is 1. The highest BCUT2D eigenvalue weighted by molar-refractivity contribution is 9.10. The van der Waals surface area contributed by atoms with Crippen LogP contribution < -0.4 is 5.32 Å². The van der Waals surface area contributed by atoms with Crippen molar-refractivity contribution in [2.24, 2.45) is 0 Å². The summed E-state index contributed by atoms with van der Waals surface area (Å²) in [5.41, 5.74) is 0.644. The fourth-order valence-corrected chi connectivity index (χ4v) is 2.78. The topological polar surface area (TPSA) is 103 Å². The lowest BCUT2D eigenvalue weighted by molar-refractivity contribution is 0.130. The molecule has 2 amide bonds. The first-order chi connectivity index (χ1) is 14.8. The minimum atomic E-state index is -1.87. The predicted octanol–water partition coefficient (Wildman–Crippen LogP) is 6.84. The maximum absolute atomic E-state index is 10.5. The normalized spacial score (nSPS) is 11.2. The standard InChI is InChI=1S/C11H4BrCl6N3.C6H11NO4/c12-6-4-2-1-3-5(6)7-19-8(10(13,14)15)21-9(20-7)11(16,17)18;1-3-10-5(8)7-6(9)11-4-2/h1-4H;3-4H2,1-2H3,(H,7,8,9). The molecule has 0 bridgehead atoms. The molecule has 0 aliphatic rings. The van der Waals surface area contributed by atoms with E-state index in [9.17, 15) is 9.59 Å². The van der Waals surface area contributed by atoms with E-state index in [4.69, 9.17) is 69.6 Å². The third kappa shape index (κ3) is 9.99. The summed E-state index contributed by atoms with van der Waals surface area (Å²) in [4.78, 5) is 33.1. The SMILES string of the molecule is CCOC(=O)NC(=O)OCC.ClC(Cl)(Cl)c1nc(-c2ccccc2Br)nc(C(Cl)(Cl)Cl)n1. The third-order valence-electron chi connectivity index (χ3n) is 3.01. The first kappa shape index (κ1) is 29.2. The first-order valence-electron chi connectivity index (χ1n) is 8.55. The zero-order valence-corrected chi connectivity index (χ0v) is 22.5. The summed E-state index contributed by atoms with van der Waals surface area (Å²) >= 11 is 38.3. The molecule has 176 valence electrons. The molecule has 8 nitrogen and oxygen atoms in total. The number of hydrogen-bond acceptors (Lipinski definition) is 7. The van der Waals surface area contributed by atoms with E-state index < -0.39 is 19.8 Å². The number of imide groups is 1. The van der Waals surface area contributed by atoms with Gasteiger partial charge in [-0.2, -0.15) is 0 Å². The number of halogens is 7. The van der Waals surface area contributed by atoms with Crippen LogP contribution in [-0.2, 0) is 17.1 Å². The van der Waals surface area contributed by atoms with Crippen molar-refractivity contribution < 1.29 is 19.1 Å². The van der Waals surface area contributed by atoms with E-state index in [0.29, 0.717) is 5.56 Å². The van der Waals surface area contributed by atoms with E-state index in [0.717, 1.165) is 4.47 Å². The van der Waals surface area contributed by atoms with Crippen LogP contribution in [0.5, 0.6) is 0 Å². The number of alkyl halides is 6. The van der Waals surface area contributed by atoms with E-state index in [1.165, 1.54) is 0 Å². The number of nitrogens with one attached hydrogen (secondary N) is 1. The summed E-state index contributed by atoms with van der Waals surface area (Å²) in [5.74, 6) is -0.0377. The lowest BCUT2D eigenvalue weighted by Crippen LogP contribution is -2.31. The Bertz CT molecular complexity index is 892. The van der Waals surface area contributed by atoms with Crippen molar-refractivity contribution in [3.63, 3.8) is 0 Å². The van der Waals surface area contributed by atoms with Crippen LogP contribution in [0.3, 0.4) is 0 Å². The molecule has 1 aromatic heterocycles. The Kier molecular flexibility index (Phi) is 12.0. The molecule has 2 rings (SSSR count). The number of nitrogens with zero attached hydrogens (tertiary/aromatic N) is 3. The molecule has 15 heteroatoms. The highest BCUT2D eigenvalue weighted by Gasteiger charge is 2.34. The van der Waals surface area contributed by atoms with Gasteiger partial charge in [0.05, 0.1) is 13.2 Å². The summed E-state index contributed by atoms with van der Waals surface area (Å²) in [7, 11) is 0. The van der Waals surface area contributed by atoms with Crippen molar-refractivity contribution in [2.75, 3.05) is 13.2 Å². The number of alkyl carbamates (subject to hydrolysis) is 2.